The maximum absolute atomic E-state index is 12.9. The minimum absolute atomic E-state index is 0.0328. The van der Waals surface area contributed by atoms with Crippen LogP contribution in [-0.4, -0.2) is 64.4 Å². The molecule has 1 aliphatic heterocycles. The molecule has 1 aromatic heterocycles. The van der Waals surface area contributed by atoms with Crippen molar-refractivity contribution in [2.75, 3.05) is 33.8 Å². The van der Waals surface area contributed by atoms with Crippen LogP contribution in [0.1, 0.15) is 27.4 Å². The Morgan fingerprint density at radius 2 is 2.16 bits per heavy atom. The monoisotopic (exact) mass is 342 g/mol. The Bertz CT molecular complexity index is 741. The summed E-state index contributed by atoms with van der Waals surface area (Å²) >= 11 is 0. The number of benzene rings is 1. The van der Waals surface area contributed by atoms with Crippen LogP contribution >= 0.6 is 0 Å². The summed E-state index contributed by atoms with van der Waals surface area (Å²) in [6, 6.07) is 7.81. The van der Waals surface area contributed by atoms with Gasteiger partial charge in [0.05, 0.1) is 6.20 Å². The van der Waals surface area contributed by atoms with E-state index in [0.717, 1.165) is 17.7 Å². The number of hydrogen-bond acceptors (Lipinski definition) is 4. The summed E-state index contributed by atoms with van der Waals surface area (Å²) in [7, 11) is 5.91. The van der Waals surface area contributed by atoms with Crippen molar-refractivity contribution in [3.05, 3.63) is 53.3 Å². The summed E-state index contributed by atoms with van der Waals surface area (Å²) in [6.07, 6.45) is 3.80. The molecule has 2 atom stereocenters. The molecule has 1 saturated heterocycles. The van der Waals surface area contributed by atoms with Crippen molar-refractivity contribution >= 4 is 5.91 Å². The molecule has 1 aromatic carbocycles. The summed E-state index contributed by atoms with van der Waals surface area (Å²) < 4.78 is 1.76. The van der Waals surface area contributed by atoms with Gasteiger partial charge in [-0.3, -0.25) is 9.48 Å². The topological polar surface area (TPSA) is 61.6 Å². The number of rotatable bonds is 5. The highest BCUT2D eigenvalue weighted by molar-refractivity contribution is 5.94. The van der Waals surface area contributed by atoms with Crippen LogP contribution in [-0.2, 0) is 13.6 Å². The lowest BCUT2D eigenvalue weighted by molar-refractivity contribution is 0.0781. The molecule has 0 bridgehead atoms. The lowest BCUT2D eigenvalue weighted by Crippen LogP contribution is -2.29. The fourth-order valence-electron chi connectivity index (χ4n) is 3.58. The zero-order valence-electron chi connectivity index (χ0n) is 15.1. The second-order valence-corrected chi connectivity index (χ2v) is 7.14. The van der Waals surface area contributed by atoms with Crippen molar-refractivity contribution in [1.82, 2.24) is 19.6 Å². The van der Waals surface area contributed by atoms with Gasteiger partial charge in [-0.05, 0) is 37.4 Å². The summed E-state index contributed by atoms with van der Waals surface area (Å²) in [5, 5.41) is 14.0. The molecule has 1 N–H and O–H groups in total. The molecule has 2 aromatic rings. The minimum Gasteiger partial charge on any atom is -0.396 e. The number of nitrogens with zero attached hydrogens (tertiary/aromatic N) is 4. The average molecular weight is 342 g/mol. The highest BCUT2D eigenvalue weighted by Gasteiger charge is 2.36. The van der Waals surface area contributed by atoms with E-state index in [-0.39, 0.29) is 24.3 Å². The number of carbonyl (C=O) groups is 1. The molecule has 0 unspecified atom stereocenters. The number of aryl methyl sites for hydroxylation is 1. The number of hydrogen-bond donors (Lipinski definition) is 1. The van der Waals surface area contributed by atoms with E-state index >= 15 is 0 Å². The zero-order chi connectivity index (χ0) is 18.0. The van der Waals surface area contributed by atoms with Crippen molar-refractivity contribution in [1.29, 1.82) is 0 Å². The molecule has 1 fully saturated rings. The van der Waals surface area contributed by atoms with Gasteiger partial charge in [0.25, 0.3) is 5.91 Å². The molecule has 6 heteroatoms. The molecule has 134 valence electrons. The number of aliphatic hydroxyl groups excluding tert-OH is 1. The van der Waals surface area contributed by atoms with E-state index in [9.17, 15) is 9.90 Å². The predicted octanol–water partition coefficient (Wildman–Crippen LogP) is 1.33. The Kier molecular flexibility index (Phi) is 5.20. The van der Waals surface area contributed by atoms with E-state index in [1.807, 2.05) is 62.7 Å². The van der Waals surface area contributed by atoms with Gasteiger partial charge in [-0.25, -0.2) is 0 Å². The van der Waals surface area contributed by atoms with Gasteiger partial charge < -0.3 is 14.9 Å². The first-order valence-corrected chi connectivity index (χ1v) is 8.60. The Balaban J connectivity index is 1.77. The second-order valence-electron chi connectivity index (χ2n) is 7.14. The van der Waals surface area contributed by atoms with Gasteiger partial charge in [0.15, 0.2) is 0 Å². The smallest absolute Gasteiger partial charge is 0.253 e. The van der Waals surface area contributed by atoms with Crippen molar-refractivity contribution in [2.24, 2.45) is 13.0 Å². The third-order valence-electron chi connectivity index (χ3n) is 4.79. The highest BCUT2D eigenvalue weighted by atomic mass is 16.3. The van der Waals surface area contributed by atoms with Crippen LogP contribution in [0.4, 0.5) is 0 Å². The summed E-state index contributed by atoms with van der Waals surface area (Å²) in [6.45, 7) is 2.07. The van der Waals surface area contributed by atoms with Crippen LogP contribution in [0, 0.1) is 5.92 Å². The van der Waals surface area contributed by atoms with Crippen LogP contribution in [0.5, 0.6) is 0 Å². The molecule has 2 heterocycles. The summed E-state index contributed by atoms with van der Waals surface area (Å²) in [5.74, 6) is 0.219. The van der Waals surface area contributed by atoms with Crippen LogP contribution in [0.3, 0.4) is 0 Å². The first-order valence-electron chi connectivity index (χ1n) is 8.60. The van der Waals surface area contributed by atoms with Gasteiger partial charge in [0.2, 0.25) is 0 Å². The molecule has 0 radical (unpaired) electrons. The normalized spacial score (nSPS) is 20.4. The Morgan fingerprint density at radius 1 is 1.36 bits per heavy atom. The number of carbonyl (C=O) groups excluding carboxylic acids is 1. The molecular weight excluding hydrogens is 316 g/mol. The molecular formula is C19H26N4O2. The Hall–Kier alpha value is -2.18. The SMILES string of the molecule is CN(C)Cc1cccc(C(=O)N2C[C@@H](CO)[C@H](c3cnn(C)c3)C2)c1. The molecule has 1 amide bonds. The molecule has 3 rings (SSSR count). The number of aromatic nitrogens is 2. The third-order valence-corrected chi connectivity index (χ3v) is 4.79. The number of likely N-dealkylation sites (tertiary alicyclic amines) is 1. The lowest BCUT2D eigenvalue weighted by Gasteiger charge is -2.17. The van der Waals surface area contributed by atoms with E-state index in [0.29, 0.717) is 18.7 Å². The van der Waals surface area contributed by atoms with Gasteiger partial charge in [-0.15, -0.1) is 0 Å². The van der Waals surface area contributed by atoms with Crippen LogP contribution in [0.25, 0.3) is 0 Å². The maximum atomic E-state index is 12.9. The number of amides is 1. The Labute approximate surface area is 148 Å². The standard InChI is InChI=1S/C19H26N4O2/c1-21(2)9-14-5-4-6-15(7-14)19(25)23-11-17(13-24)18(12-23)16-8-20-22(3)10-16/h4-8,10,17-18,24H,9,11-13H2,1-3H3/t17-,18-/m0/s1. The van der Waals surface area contributed by atoms with E-state index in [1.165, 1.54) is 0 Å². The fourth-order valence-corrected chi connectivity index (χ4v) is 3.58. The molecule has 6 nitrogen and oxygen atoms in total. The van der Waals surface area contributed by atoms with E-state index < -0.39 is 0 Å². The average Bonchev–Trinajstić information content (AvgIpc) is 3.19. The van der Waals surface area contributed by atoms with Gasteiger partial charge in [0.1, 0.15) is 0 Å². The van der Waals surface area contributed by atoms with E-state index in [1.54, 1.807) is 4.68 Å². The molecule has 0 aliphatic carbocycles. The van der Waals surface area contributed by atoms with Crippen molar-refractivity contribution in [3.63, 3.8) is 0 Å². The largest absolute Gasteiger partial charge is 0.396 e. The van der Waals surface area contributed by atoms with Crippen molar-refractivity contribution < 1.29 is 9.90 Å². The van der Waals surface area contributed by atoms with Crippen LogP contribution < -0.4 is 0 Å². The predicted molar refractivity (Wildman–Crippen MR) is 96.3 cm³/mol. The van der Waals surface area contributed by atoms with E-state index in [2.05, 4.69) is 10.00 Å². The Morgan fingerprint density at radius 3 is 2.80 bits per heavy atom. The molecule has 1 aliphatic rings. The molecule has 0 spiro atoms. The highest BCUT2D eigenvalue weighted by Crippen LogP contribution is 2.33. The number of aliphatic hydroxyl groups is 1. The van der Waals surface area contributed by atoms with Gasteiger partial charge in [-0.2, -0.15) is 5.10 Å². The summed E-state index contributed by atoms with van der Waals surface area (Å²) in [4.78, 5) is 16.9. The molecule has 25 heavy (non-hydrogen) atoms. The minimum atomic E-state index is 0.0328. The van der Waals surface area contributed by atoms with Crippen LogP contribution in [0.2, 0.25) is 0 Å². The van der Waals surface area contributed by atoms with Gasteiger partial charge in [0, 0.05) is 56.9 Å². The fraction of sp³-hybridized carbons (Fsp3) is 0.474. The van der Waals surface area contributed by atoms with Crippen LogP contribution in [0.15, 0.2) is 36.7 Å². The maximum Gasteiger partial charge on any atom is 0.253 e. The van der Waals surface area contributed by atoms with Crippen molar-refractivity contribution in [3.8, 4) is 0 Å². The first-order chi connectivity index (χ1) is 12.0. The van der Waals surface area contributed by atoms with Gasteiger partial charge >= 0.3 is 0 Å². The summed E-state index contributed by atoms with van der Waals surface area (Å²) in [5.41, 5.74) is 2.92. The van der Waals surface area contributed by atoms with Crippen molar-refractivity contribution in [2.45, 2.75) is 12.5 Å². The third kappa shape index (κ3) is 3.91. The first kappa shape index (κ1) is 17.6. The molecule has 0 saturated carbocycles. The lowest BCUT2D eigenvalue weighted by atomic mass is 9.92. The quantitative estimate of drug-likeness (QED) is 0.890. The zero-order valence-corrected chi connectivity index (χ0v) is 15.1. The van der Waals surface area contributed by atoms with E-state index in [4.69, 9.17) is 0 Å². The van der Waals surface area contributed by atoms with Gasteiger partial charge in [-0.1, -0.05) is 12.1 Å². The second kappa shape index (κ2) is 7.37.